The lowest BCUT2D eigenvalue weighted by molar-refractivity contribution is -0.113. The lowest BCUT2D eigenvalue weighted by Gasteiger charge is -2.15. The number of esters is 1. The topological polar surface area (TPSA) is 95.3 Å². The number of nitrogens with zero attached hydrogens (tertiary/aromatic N) is 3. The number of benzene rings is 2. The first kappa shape index (κ1) is 22.6. The van der Waals surface area contributed by atoms with Crippen LogP contribution in [0.5, 0.6) is 5.75 Å². The number of halogens is 1. The van der Waals surface area contributed by atoms with Gasteiger partial charge in [0.15, 0.2) is 17.1 Å². The maximum atomic E-state index is 12.3. The zero-order valence-electron chi connectivity index (χ0n) is 17.2. The minimum atomic E-state index is -0.431. The van der Waals surface area contributed by atoms with Crippen molar-refractivity contribution < 1.29 is 19.1 Å². The Morgan fingerprint density at radius 2 is 1.87 bits per heavy atom. The zero-order chi connectivity index (χ0) is 22.4. The van der Waals surface area contributed by atoms with Gasteiger partial charge in [-0.25, -0.2) is 4.79 Å². The summed E-state index contributed by atoms with van der Waals surface area (Å²) in [6.45, 7) is 1.85. The quantitative estimate of drug-likeness (QED) is 0.399. The summed E-state index contributed by atoms with van der Waals surface area (Å²) in [5.74, 6) is 0.678. The van der Waals surface area contributed by atoms with E-state index in [1.807, 2.05) is 26.1 Å². The smallest absolute Gasteiger partial charge is 0.337 e. The second-order valence-corrected chi connectivity index (χ2v) is 7.85. The normalized spacial score (nSPS) is 11.6. The third kappa shape index (κ3) is 5.77. The molecule has 0 aliphatic carbocycles. The molecule has 0 aliphatic rings. The van der Waals surface area contributed by atoms with Gasteiger partial charge in [0.25, 0.3) is 0 Å². The van der Waals surface area contributed by atoms with Crippen molar-refractivity contribution in [1.82, 2.24) is 14.8 Å². The van der Waals surface area contributed by atoms with Crippen molar-refractivity contribution in [2.24, 2.45) is 7.05 Å². The minimum absolute atomic E-state index is 0.143. The highest BCUT2D eigenvalue weighted by atomic mass is 35.5. The molecule has 3 aromatic rings. The Labute approximate surface area is 188 Å². The Bertz CT molecular complexity index is 1070. The van der Waals surface area contributed by atoms with E-state index in [1.54, 1.807) is 41.0 Å². The molecule has 0 spiro atoms. The van der Waals surface area contributed by atoms with Gasteiger partial charge in [0.1, 0.15) is 5.75 Å². The van der Waals surface area contributed by atoms with E-state index >= 15 is 0 Å². The first-order valence-corrected chi connectivity index (χ1v) is 10.7. The minimum Gasteiger partial charge on any atom is -0.481 e. The molecular formula is C21H21ClN4O4S. The van der Waals surface area contributed by atoms with Crippen LogP contribution in [0.15, 0.2) is 53.7 Å². The molecule has 2 aromatic carbocycles. The molecule has 0 radical (unpaired) electrons. The Morgan fingerprint density at radius 3 is 2.55 bits per heavy atom. The summed E-state index contributed by atoms with van der Waals surface area (Å²) in [5, 5.41) is 12.2. The van der Waals surface area contributed by atoms with Crippen molar-refractivity contribution >= 4 is 40.9 Å². The molecule has 1 amide bonds. The van der Waals surface area contributed by atoms with Crippen molar-refractivity contribution in [3.8, 4) is 5.75 Å². The highest BCUT2D eigenvalue weighted by molar-refractivity contribution is 7.99. The third-order valence-electron chi connectivity index (χ3n) is 4.29. The van der Waals surface area contributed by atoms with Crippen LogP contribution < -0.4 is 10.1 Å². The zero-order valence-corrected chi connectivity index (χ0v) is 18.7. The van der Waals surface area contributed by atoms with Crippen molar-refractivity contribution in [3.05, 3.63) is 64.9 Å². The monoisotopic (exact) mass is 460 g/mol. The summed E-state index contributed by atoms with van der Waals surface area (Å²) in [4.78, 5) is 23.7. The molecule has 31 heavy (non-hydrogen) atoms. The molecule has 0 bridgehead atoms. The fourth-order valence-corrected chi connectivity index (χ4v) is 3.62. The number of hydrogen-bond acceptors (Lipinski definition) is 7. The molecule has 10 heteroatoms. The standard InChI is InChI=1S/C21H21ClN4O4S/c1-13(30-17-7-5-4-6-16(17)22)19-24-25-21(26(19)2)31-12-18(27)23-15-10-8-14(9-11-15)20(28)29-3/h4-11,13H,12H2,1-3H3,(H,23,27)/t13-/m0/s1. The predicted octanol–water partition coefficient (Wildman–Crippen LogP) is 4.13. The average Bonchev–Trinajstić information content (AvgIpc) is 3.14. The molecule has 0 unspecified atom stereocenters. The fraction of sp³-hybridized carbons (Fsp3) is 0.238. The summed E-state index contributed by atoms with van der Waals surface area (Å²) in [6.07, 6.45) is -0.381. The third-order valence-corrected chi connectivity index (χ3v) is 5.63. The van der Waals surface area contributed by atoms with Crippen LogP contribution in [-0.4, -0.2) is 39.5 Å². The number of nitrogens with one attached hydrogen (secondary N) is 1. The molecule has 162 valence electrons. The fourth-order valence-electron chi connectivity index (χ4n) is 2.72. The van der Waals surface area contributed by atoms with Crippen molar-refractivity contribution in [2.45, 2.75) is 18.2 Å². The first-order chi connectivity index (χ1) is 14.9. The van der Waals surface area contributed by atoms with Crippen LogP contribution in [0, 0.1) is 0 Å². The van der Waals surface area contributed by atoms with Gasteiger partial charge < -0.3 is 19.4 Å². The van der Waals surface area contributed by atoms with Gasteiger partial charge in [0.05, 0.1) is 23.4 Å². The highest BCUT2D eigenvalue weighted by Crippen LogP contribution is 2.29. The number of amides is 1. The SMILES string of the molecule is COC(=O)c1ccc(NC(=O)CSc2nnc([C@H](C)Oc3ccccc3Cl)n2C)cc1. The van der Waals surface area contributed by atoms with Gasteiger partial charge in [-0.15, -0.1) is 10.2 Å². The average molecular weight is 461 g/mol. The molecule has 3 rings (SSSR count). The van der Waals surface area contributed by atoms with Crippen molar-refractivity contribution in [1.29, 1.82) is 0 Å². The first-order valence-electron chi connectivity index (χ1n) is 9.30. The van der Waals surface area contributed by atoms with Crippen LogP contribution in [0.3, 0.4) is 0 Å². The van der Waals surface area contributed by atoms with Crippen LogP contribution in [0.1, 0.15) is 29.2 Å². The molecule has 0 saturated heterocycles. The maximum Gasteiger partial charge on any atom is 0.337 e. The highest BCUT2D eigenvalue weighted by Gasteiger charge is 2.19. The molecule has 1 N–H and O–H groups in total. The Hall–Kier alpha value is -3.04. The van der Waals surface area contributed by atoms with E-state index in [1.165, 1.54) is 18.9 Å². The van der Waals surface area contributed by atoms with Crippen molar-refractivity contribution in [2.75, 3.05) is 18.2 Å². The van der Waals surface area contributed by atoms with E-state index in [9.17, 15) is 9.59 Å². The molecule has 0 saturated carbocycles. The molecular weight excluding hydrogens is 440 g/mol. The molecule has 8 nitrogen and oxygen atoms in total. The van der Waals surface area contributed by atoms with E-state index in [0.29, 0.717) is 33.0 Å². The lowest BCUT2D eigenvalue weighted by atomic mass is 10.2. The number of anilines is 1. The second-order valence-electron chi connectivity index (χ2n) is 6.50. The number of rotatable bonds is 8. The number of carbonyl (C=O) groups excluding carboxylic acids is 2. The largest absolute Gasteiger partial charge is 0.481 e. The summed E-state index contributed by atoms with van der Waals surface area (Å²) >= 11 is 7.40. The van der Waals surface area contributed by atoms with Gasteiger partial charge in [0.2, 0.25) is 5.91 Å². The van der Waals surface area contributed by atoms with Crippen LogP contribution in [-0.2, 0) is 16.6 Å². The van der Waals surface area contributed by atoms with Gasteiger partial charge in [-0.05, 0) is 43.3 Å². The summed E-state index contributed by atoms with van der Waals surface area (Å²) in [5.41, 5.74) is 0.994. The number of carbonyl (C=O) groups is 2. The van der Waals surface area contributed by atoms with E-state index in [0.717, 1.165) is 0 Å². The molecule has 1 heterocycles. The number of thioether (sulfide) groups is 1. The van der Waals surface area contributed by atoms with Crippen LogP contribution in [0.25, 0.3) is 0 Å². The number of ether oxygens (including phenoxy) is 2. The summed E-state index contributed by atoms with van der Waals surface area (Å²) in [6, 6.07) is 13.7. The number of aromatic nitrogens is 3. The Balaban J connectivity index is 1.56. The van der Waals surface area contributed by atoms with Gasteiger partial charge in [-0.2, -0.15) is 0 Å². The number of hydrogen-bond donors (Lipinski definition) is 1. The Morgan fingerprint density at radius 1 is 1.16 bits per heavy atom. The summed E-state index contributed by atoms with van der Waals surface area (Å²) < 4.78 is 12.3. The van der Waals surface area contributed by atoms with Crippen molar-refractivity contribution in [3.63, 3.8) is 0 Å². The van der Waals surface area contributed by atoms with Crippen LogP contribution in [0.4, 0.5) is 5.69 Å². The molecule has 0 fully saturated rings. The molecule has 1 aromatic heterocycles. The maximum absolute atomic E-state index is 12.3. The van der Waals surface area contributed by atoms with Gasteiger partial charge in [0, 0.05) is 12.7 Å². The van der Waals surface area contributed by atoms with E-state index in [2.05, 4.69) is 20.3 Å². The van der Waals surface area contributed by atoms with E-state index in [4.69, 9.17) is 16.3 Å². The Kier molecular flexibility index (Phi) is 7.54. The molecule has 0 aliphatic heterocycles. The number of para-hydroxylation sites is 1. The predicted molar refractivity (Wildman–Crippen MR) is 119 cm³/mol. The van der Waals surface area contributed by atoms with E-state index in [-0.39, 0.29) is 17.8 Å². The van der Waals surface area contributed by atoms with Gasteiger partial charge >= 0.3 is 5.97 Å². The van der Waals surface area contributed by atoms with Crippen LogP contribution >= 0.6 is 23.4 Å². The van der Waals surface area contributed by atoms with Gasteiger partial charge in [-0.3, -0.25) is 4.79 Å². The second kappa shape index (κ2) is 10.3. The number of methoxy groups -OCH3 is 1. The molecule has 1 atom stereocenters. The summed E-state index contributed by atoms with van der Waals surface area (Å²) in [7, 11) is 3.13. The van der Waals surface area contributed by atoms with E-state index < -0.39 is 5.97 Å². The van der Waals surface area contributed by atoms with Gasteiger partial charge in [-0.1, -0.05) is 35.5 Å². The lowest BCUT2D eigenvalue weighted by Crippen LogP contribution is -2.15. The van der Waals surface area contributed by atoms with Crippen LogP contribution in [0.2, 0.25) is 5.02 Å².